The van der Waals surface area contributed by atoms with Crippen molar-refractivity contribution in [1.82, 2.24) is 20.4 Å². The molecule has 0 aromatic heterocycles. The fourth-order valence-electron chi connectivity index (χ4n) is 5.43. The van der Waals surface area contributed by atoms with Crippen LogP contribution in [-0.4, -0.2) is 106 Å². The van der Waals surface area contributed by atoms with E-state index in [0.29, 0.717) is 43.2 Å². The van der Waals surface area contributed by atoms with Crippen LogP contribution in [0.1, 0.15) is 44.6 Å². The lowest BCUT2D eigenvalue weighted by molar-refractivity contribution is -0.156. The number of benzene rings is 1. The molecule has 1 aromatic rings. The van der Waals surface area contributed by atoms with Gasteiger partial charge in [-0.05, 0) is 49.8 Å². The average Bonchev–Trinajstić information content (AvgIpc) is 3.71. The molecule has 1 aliphatic carbocycles. The molecule has 13 nitrogen and oxygen atoms in total. The van der Waals surface area contributed by atoms with Crippen molar-refractivity contribution < 1.29 is 42.9 Å². The van der Waals surface area contributed by atoms with Crippen molar-refractivity contribution >= 4 is 29.8 Å². The molecule has 236 valence electrons. The Bertz CT molecular complexity index is 1190. The summed E-state index contributed by atoms with van der Waals surface area (Å²) in [5, 5.41) is 5.72. The minimum Gasteiger partial charge on any atom is -0.493 e. The number of hydrogen-bond acceptors (Lipinski definition) is 9. The molecule has 43 heavy (non-hydrogen) atoms. The van der Waals surface area contributed by atoms with Gasteiger partial charge < -0.3 is 34.5 Å². The number of cyclic esters (lactones) is 1. The lowest BCUT2D eigenvalue weighted by Crippen LogP contribution is -2.46. The summed E-state index contributed by atoms with van der Waals surface area (Å²) in [5.74, 6) is -0.173. The largest absolute Gasteiger partial charge is 0.493 e. The Morgan fingerprint density at radius 1 is 1.07 bits per heavy atom. The van der Waals surface area contributed by atoms with Crippen LogP contribution in [0.2, 0.25) is 0 Å². The molecule has 1 unspecified atom stereocenters. The first-order chi connectivity index (χ1) is 20.7. The summed E-state index contributed by atoms with van der Waals surface area (Å²) in [6.07, 6.45) is 2.84. The summed E-state index contributed by atoms with van der Waals surface area (Å²) in [4.78, 5) is 66.9. The predicted octanol–water partition coefficient (Wildman–Crippen LogP) is 1.27. The first kappa shape index (κ1) is 31.9. The molecular weight excluding hydrogens is 560 g/mol. The molecule has 13 heteroatoms. The van der Waals surface area contributed by atoms with E-state index in [9.17, 15) is 24.0 Å². The molecule has 1 saturated carbocycles. The highest BCUT2D eigenvalue weighted by Gasteiger charge is 2.45. The second-order valence-corrected chi connectivity index (χ2v) is 11.2. The quantitative estimate of drug-likeness (QED) is 0.440. The predicted molar refractivity (Wildman–Crippen MR) is 153 cm³/mol. The van der Waals surface area contributed by atoms with Gasteiger partial charge in [-0.3, -0.25) is 24.1 Å². The monoisotopic (exact) mass is 602 g/mol. The van der Waals surface area contributed by atoms with Crippen molar-refractivity contribution in [3.05, 3.63) is 23.8 Å². The van der Waals surface area contributed by atoms with Gasteiger partial charge in [0.2, 0.25) is 11.8 Å². The highest BCUT2D eigenvalue weighted by atomic mass is 16.6. The Balaban J connectivity index is 1.56. The van der Waals surface area contributed by atoms with Gasteiger partial charge in [0.1, 0.15) is 13.2 Å². The van der Waals surface area contributed by atoms with E-state index in [1.165, 1.54) is 16.9 Å². The summed E-state index contributed by atoms with van der Waals surface area (Å²) in [7, 11) is 1.50. The number of carbonyl (C=O) groups excluding carboxylic acids is 5. The first-order valence-electron chi connectivity index (χ1n) is 14.9. The Labute approximate surface area is 251 Å². The number of nitrogens with one attached hydrogen (secondary N) is 2. The summed E-state index contributed by atoms with van der Waals surface area (Å²) >= 11 is 0. The number of rotatable bonds is 7. The van der Waals surface area contributed by atoms with Crippen LogP contribution in [0.4, 0.5) is 4.79 Å². The molecule has 3 aliphatic rings. The lowest BCUT2D eigenvalue weighted by Gasteiger charge is -2.32. The molecule has 2 bridgehead atoms. The van der Waals surface area contributed by atoms with Gasteiger partial charge in [0, 0.05) is 32.6 Å². The zero-order chi connectivity index (χ0) is 30.8. The van der Waals surface area contributed by atoms with Gasteiger partial charge in [-0.1, -0.05) is 18.9 Å². The third kappa shape index (κ3) is 8.98. The SMILES string of the molecule is CCOC(=O)C1(CC2CC2)CNC(=O)CCCN(C(=O)CN2CCOC2=O)CCNC(=O)COc2cc(ccc2OC)C1. The van der Waals surface area contributed by atoms with E-state index in [1.807, 2.05) is 6.07 Å². The third-order valence-corrected chi connectivity index (χ3v) is 7.90. The van der Waals surface area contributed by atoms with Crippen LogP contribution < -0.4 is 20.1 Å². The molecule has 4 rings (SSSR count). The van der Waals surface area contributed by atoms with Crippen molar-refractivity contribution in [3.8, 4) is 11.5 Å². The number of esters is 1. The minimum atomic E-state index is -0.992. The normalized spacial score (nSPS) is 22.3. The topological polar surface area (TPSA) is 153 Å². The lowest BCUT2D eigenvalue weighted by atomic mass is 9.76. The van der Waals surface area contributed by atoms with Crippen LogP contribution >= 0.6 is 0 Å². The number of ether oxygens (including phenoxy) is 4. The maximum absolute atomic E-state index is 13.5. The van der Waals surface area contributed by atoms with E-state index >= 15 is 0 Å². The summed E-state index contributed by atoms with van der Waals surface area (Å²) < 4.78 is 21.7. The van der Waals surface area contributed by atoms with Crippen molar-refractivity contribution in [2.75, 3.05) is 66.2 Å². The maximum Gasteiger partial charge on any atom is 0.410 e. The van der Waals surface area contributed by atoms with E-state index < -0.39 is 17.4 Å². The molecule has 0 spiro atoms. The van der Waals surface area contributed by atoms with E-state index in [4.69, 9.17) is 18.9 Å². The average molecular weight is 603 g/mol. The highest BCUT2D eigenvalue weighted by molar-refractivity contribution is 5.83. The Hall–Kier alpha value is -4.03. The molecule has 2 aliphatic heterocycles. The molecule has 1 saturated heterocycles. The van der Waals surface area contributed by atoms with E-state index in [2.05, 4.69) is 10.6 Å². The fourth-order valence-corrected chi connectivity index (χ4v) is 5.43. The van der Waals surface area contributed by atoms with E-state index in [1.54, 1.807) is 19.1 Å². The van der Waals surface area contributed by atoms with E-state index in [0.717, 1.165) is 18.4 Å². The van der Waals surface area contributed by atoms with Crippen LogP contribution in [0.5, 0.6) is 11.5 Å². The second-order valence-electron chi connectivity index (χ2n) is 11.2. The van der Waals surface area contributed by atoms with E-state index in [-0.39, 0.29) is 76.7 Å². The van der Waals surface area contributed by atoms with Gasteiger partial charge in [0.25, 0.3) is 5.91 Å². The second kappa shape index (κ2) is 14.9. The number of amides is 4. The number of methoxy groups -OCH3 is 1. The molecule has 2 heterocycles. The standard InChI is InChI=1S/C30H42N4O9/c1-3-41-28(38)30(16-21-6-7-21)17-22-8-9-23(40-2)24(15-22)43-19-26(36)31-10-12-33(11-4-5-25(35)32-20-30)27(37)18-34-13-14-42-29(34)39/h8-9,15,21H,3-7,10-14,16-20H2,1-2H3,(H,31,36)(H,32,35). The molecular formula is C30H42N4O9. The number of nitrogens with zero attached hydrogens (tertiary/aromatic N) is 2. The Morgan fingerprint density at radius 2 is 1.88 bits per heavy atom. The van der Waals surface area contributed by atoms with Gasteiger partial charge in [-0.2, -0.15) is 0 Å². The highest BCUT2D eigenvalue weighted by Crippen LogP contribution is 2.43. The van der Waals surface area contributed by atoms with Crippen LogP contribution in [0.3, 0.4) is 0 Å². The van der Waals surface area contributed by atoms with Crippen LogP contribution in [0, 0.1) is 11.3 Å². The van der Waals surface area contributed by atoms with Crippen LogP contribution in [0.25, 0.3) is 0 Å². The fraction of sp³-hybridized carbons (Fsp3) is 0.633. The van der Waals surface area contributed by atoms with Gasteiger partial charge in [0.15, 0.2) is 18.1 Å². The van der Waals surface area contributed by atoms with Gasteiger partial charge >= 0.3 is 12.1 Å². The summed E-state index contributed by atoms with van der Waals surface area (Å²) in [6, 6.07) is 5.33. The number of hydrogen-bond donors (Lipinski definition) is 2. The number of fused-ring (bicyclic) bond motifs is 2. The van der Waals surface area contributed by atoms with Gasteiger partial charge in [0.05, 0.1) is 25.7 Å². The van der Waals surface area contributed by atoms with Crippen LogP contribution in [-0.2, 0) is 35.1 Å². The first-order valence-corrected chi connectivity index (χ1v) is 14.9. The molecule has 2 fully saturated rings. The van der Waals surface area contributed by atoms with Crippen molar-refractivity contribution in [2.24, 2.45) is 11.3 Å². The number of carbonyl (C=O) groups is 5. The zero-order valence-electron chi connectivity index (χ0n) is 25.0. The van der Waals surface area contributed by atoms with Gasteiger partial charge in [-0.25, -0.2) is 4.79 Å². The van der Waals surface area contributed by atoms with Gasteiger partial charge in [-0.15, -0.1) is 0 Å². The minimum absolute atomic E-state index is 0.103. The Morgan fingerprint density at radius 3 is 2.58 bits per heavy atom. The smallest absolute Gasteiger partial charge is 0.410 e. The summed E-state index contributed by atoms with van der Waals surface area (Å²) in [5.41, 5.74) is -0.204. The van der Waals surface area contributed by atoms with Crippen LogP contribution in [0.15, 0.2) is 18.2 Å². The molecule has 1 atom stereocenters. The van der Waals surface area contributed by atoms with Crippen molar-refractivity contribution in [1.29, 1.82) is 0 Å². The Kier molecular flexibility index (Phi) is 11.1. The molecule has 2 N–H and O–H groups in total. The third-order valence-electron chi connectivity index (χ3n) is 7.90. The summed E-state index contributed by atoms with van der Waals surface area (Å²) in [6.45, 7) is 2.77. The molecule has 0 radical (unpaired) electrons. The zero-order valence-corrected chi connectivity index (χ0v) is 25.0. The molecule has 4 amide bonds. The molecule has 1 aromatic carbocycles. The van der Waals surface area contributed by atoms with Crippen molar-refractivity contribution in [3.63, 3.8) is 0 Å². The van der Waals surface area contributed by atoms with Crippen molar-refractivity contribution in [2.45, 2.75) is 45.4 Å². The maximum atomic E-state index is 13.5.